The monoisotopic (exact) mass is 384 g/mol. The topological polar surface area (TPSA) is 76.9 Å². The maximum atomic E-state index is 12.6. The number of ether oxygens (including phenoxy) is 2. The largest absolute Gasteiger partial charge is 0.492 e. The molecule has 2 fully saturated rings. The standard InChI is InChI=1S/C20H24N4O4/c1-22-17(7-10-21-22)18(25)23-11-8-20(9-12-23)15-24(19(26)28-20)13-14-27-16-5-3-2-4-6-16/h2-7,10H,8-9,11-15H2,1H3. The molecule has 148 valence electrons. The van der Waals surface area contributed by atoms with Crippen LogP contribution < -0.4 is 4.74 Å². The van der Waals surface area contributed by atoms with Crippen molar-refractivity contribution in [1.82, 2.24) is 19.6 Å². The molecule has 2 aliphatic rings. The van der Waals surface area contributed by atoms with E-state index in [4.69, 9.17) is 9.47 Å². The minimum absolute atomic E-state index is 0.0349. The first-order valence-corrected chi connectivity index (χ1v) is 9.49. The number of piperidine rings is 1. The van der Waals surface area contributed by atoms with Crippen molar-refractivity contribution >= 4 is 12.0 Å². The van der Waals surface area contributed by atoms with Crippen LogP contribution in [0.25, 0.3) is 0 Å². The van der Waals surface area contributed by atoms with Gasteiger partial charge >= 0.3 is 6.09 Å². The summed E-state index contributed by atoms with van der Waals surface area (Å²) >= 11 is 0. The summed E-state index contributed by atoms with van der Waals surface area (Å²) in [5.41, 5.74) is 0.0617. The van der Waals surface area contributed by atoms with Gasteiger partial charge < -0.3 is 19.3 Å². The van der Waals surface area contributed by atoms with Gasteiger partial charge in [-0.3, -0.25) is 9.48 Å². The van der Waals surface area contributed by atoms with E-state index in [9.17, 15) is 9.59 Å². The Morgan fingerprint density at radius 3 is 2.64 bits per heavy atom. The fourth-order valence-corrected chi connectivity index (χ4v) is 3.78. The Kier molecular flexibility index (Phi) is 4.93. The highest BCUT2D eigenvalue weighted by Gasteiger charge is 2.47. The quantitative estimate of drug-likeness (QED) is 0.787. The van der Waals surface area contributed by atoms with E-state index in [2.05, 4.69) is 5.10 Å². The second-order valence-corrected chi connectivity index (χ2v) is 7.27. The van der Waals surface area contributed by atoms with Crippen LogP contribution in [-0.4, -0.2) is 70.0 Å². The molecule has 0 unspecified atom stereocenters. The van der Waals surface area contributed by atoms with Gasteiger partial charge in [-0.2, -0.15) is 5.10 Å². The van der Waals surface area contributed by atoms with E-state index in [1.807, 2.05) is 30.3 Å². The maximum Gasteiger partial charge on any atom is 0.410 e. The highest BCUT2D eigenvalue weighted by atomic mass is 16.6. The molecule has 1 aromatic carbocycles. The fourth-order valence-electron chi connectivity index (χ4n) is 3.78. The third kappa shape index (κ3) is 3.67. The molecule has 0 radical (unpaired) electrons. The number of aromatic nitrogens is 2. The van der Waals surface area contributed by atoms with E-state index in [0.29, 0.717) is 51.3 Å². The number of carbonyl (C=O) groups excluding carboxylic acids is 2. The van der Waals surface area contributed by atoms with Crippen molar-refractivity contribution in [2.75, 3.05) is 32.8 Å². The second-order valence-electron chi connectivity index (χ2n) is 7.27. The van der Waals surface area contributed by atoms with Crippen molar-refractivity contribution in [3.8, 4) is 5.75 Å². The summed E-state index contributed by atoms with van der Waals surface area (Å²) < 4.78 is 13.0. The van der Waals surface area contributed by atoms with Gasteiger partial charge in [-0.25, -0.2) is 4.79 Å². The number of likely N-dealkylation sites (tertiary alicyclic amines) is 1. The van der Waals surface area contributed by atoms with E-state index in [-0.39, 0.29) is 12.0 Å². The number of carbonyl (C=O) groups is 2. The zero-order valence-corrected chi connectivity index (χ0v) is 15.9. The number of benzene rings is 1. The number of rotatable bonds is 5. The summed E-state index contributed by atoms with van der Waals surface area (Å²) in [4.78, 5) is 28.4. The molecule has 4 rings (SSSR count). The first-order valence-electron chi connectivity index (χ1n) is 9.49. The van der Waals surface area contributed by atoms with Crippen molar-refractivity contribution in [2.24, 2.45) is 7.05 Å². The summed E-state index contributed by atoms with van der Waals surface area (Å²) in [6, 6.07) is 11.2. The molecule has 8 heteroatoms. The molecule has 0 saturated carbocycles. The molecule has 0 atom stereocenters. The van der Waals surface area contributed by atoms with Gasteiger partial charge in [0.25, 0.3) is 5.91 Å². The van der Waals surface area contributed by atoms with Gasteiger partial charge in [0.05, 0.1) is 13.1 Å². The predicted octanol–water partition coefficient (Wildman–Crippen LogP) is 1.93. The number of hydrogen-bond acceptors (Lipinski definition) is 5. The van der Waals surface area contributed by atoms with Crippen LogP contribution in [0, 0.1) is 0 Å². The lowest BCUT2D eigenvalue weighted by Gasteiger charge is -2.37. The molecule has 8 nitrogen and oxygen atoms in total. The average molecular weight is 384 g/mol. The second kappa shape index (κ2) is 7.53. The highest BCUT2D eigenvalue weighted by Crippen LogP contribution is 2.33. The molecule has 2 aromatic rings. The van der Waals surface area contributed by atoms with E-state index >= 15 is 0 Å². The Balaban J connectivity index is 1.29. The zero-order chi connectivity index (χ0) is 19.6. The normalized spacial score (nSPS) is 18.4. The Bertz CT molecular complexity index is 843. The molecule has 0 bridgehead atoms. The number of amides is 2. The Morgan fingerprint density at radius 1 is 1.21 bits per heavy atom. The van der Waals surface area contributed by atoms with Gasteiger partial charge in [0.1, 0.15) is 23.7 Å². The lowest BCUT2D eigenvalue weighted by Crippen LogP contribution is -2.49. The molecule has 2 aliphatic heterocycles. The van der Waals surface area contributed by atoms with E-state index < -0.39 is 5.60 Å². The van der Waals surface area contributed by atoms with Crippen molar-refractivity contribution in [3.05, 3.63) is 48.3 Å². The number of nitrogens with zero attached hydrogens (tertiary/aromatic N) is 4. The van der Waals surface area contributed by atoms with Crippen molar-refractivity contribution in [3.63, 3.8) is 0 Å². The Hall–Kier alpha value is -3.03. The van der Waals surface area contributed by atoms with Crippen LogP contribution in [0.4, 0.5) is 4.79 Å². The van der Waals surface area contributed by atoms with E-state index in [0.717, 1.165) is 5.75 Å². The summed E-state index contributed by atoms with van der Waals surface area (Å²) in [7, 11) is 1.76. The van der Waals surface area contributed by atoms with Crippen molar-refractivity contribution in [2.45, 2.75) is 18.4 Å². The van der Waals surface area contributed by atoms with Crippen LogP contribution in [0.2, 0.25) is 0 Å². The van der Waals surface area contributed by atoms with Crippen molar-refractivity contribution < 1.29 is 19.1 Å². The van der Waals surface area contributed by atoms with Gasteiger partial charge in [0.2, 0.25) is 0 Å². The highest BCUT2D eigenvalue weighted by molar-refractivity contribution is 5.92. The summed E-state index contributed by atoms with van der Waals surface area (Å²) in [5, 5.41) is 4.06. The predicted molar refractivity (Wildman–Crippen MR) is 101 cm³/mol. The lowest BCUT2D eigenvalue weighted by atomic mass is 9.91. The Morgan fingerprint density at radius 2 is 1.96 bits per heavy atom. The summed E-state index contributed by atoms with van der Waals surface area (Å²) in [5.74, 6) is 0.749. The van der Waals surface area contributed by atoms with Crippen LogP contribution in [0.3, 0.4) is 0 Å². The number of para-hydroxylation sites is 1. The molecule has 1 spiro atoms. The van der Waals surface area contributed by atoms with Crippen LogP contribution in [0.1, 0.15) is 23.3 Å². The van der Waals surface area contributed by atoms with Crippen LogP contribution in [-0.2, 0) is 11.8 Å². The molecular formula is C20H24N4O4. The maximum absolute atomic E-state index is 12.6. The summed E-state index contributed by atoms with van der Waals surface area (Å²) in [6.45, 7) is 2.56. The first-order chi connectivity index (χ1) is 13.6. The van der Waals surface area contributed by atoms with Gasteiger partial charge in [-0.15, -0.1) is 0 Å². The minimum atomic E-state index is -0.507. The molecule has 3 heterocycles. The molecule has 28 heavy (non-hydrogen) atoms. The molecule has 0 N–H and O–H groups in total. The fraction of sp³-hybridized carbons (Fsp3) is 0.450. The van der Waals surface area contributed by atoms with Gasteiger partial charge in [-0.05, 0) is 18.2 Å². The molecular weight excluding hydrogens is 360 g/mol. The van der Waals surface area contributed by atoms with Crippen LogP contribution in [0.15, 0.2) is 42.6 Å². The number of aryl methyl sites for hydroxylation is 1. The van der Waals surface area contributed by atoms with Gasteiger partial charge in [0, 0.05) is 39.2 Å². The Labute approximate surface area is 163 Å². The lowest BCUT2D eigenvalue weighted by molar-refractivity contribution is 0.00283. The summed E-state index contributed by atoms with van der Waals surface area (Å²) in [6.07, 6.45) is 2.59. The molecule has 2 saturated heterocycles. The zero-order valence-electron chi connectivity index (χ0n) is 15.9. The molecule has 2 amide bonds. The van der Waals surface area contributed by atoms with Gasteiger partial charge in [0.15, 0.2) is 0 Å². The number of hydrogen-bond donors (Lipinski definition) is 0. The molecule has 1 aromatic heterocycles. The van der Waals surface area contributed by atoms with E-state index in [1.54, 1.807) is 33.8 Å². The third-order valence-electron chi connectivity index (χ3n) is 5.42. The van der Waals surface area contributed by atoms with Gasteiger partial charge in [-0.1, -0.05) is 18.2 Å². The third-order valence-corrected chi connectivity index (χ3v) is 5.42. The van der Waals surface area contributed by atoms with E-state index in [1.165, 1.54) is 0 Å². The van der Waals surface area contributed by atoms with Crippen LogP contribution >= 0.6 is 0 Å². The van der Waals surface area contributed by atoms with Crippen molar-refractivity contribution in [1.29, 1.82) is 0 Å². The average Bonchev–Trinajstić information content (AvgIpc) is 3.26. The first kappa shape index (κ1) is 18.3. The SMILES string of the molecule is Cn1nccc1C(=O)N1CCC2(CC1)CN(CCOc1ccccc1)C(=O)O2. The molecule has 0 aliphatic carbocycles. The van der Waals surface area contributed by atoms with Crippen LogP contribution in [0.5, 0.6) is 5.75 Å². The smallest absolute Gasteiger partial charge is 0.410 e. The minimum Gasteiger partial charge on any atom is -0.492 e.